The number of halogens is 13. The molecule has 0 aromatic carbocycles. The molecule has 1 heterocycles. The molecule has 0 N–H and O–H groups in total. The average Bonchev–Trinajstić information content (AvgIpc) is 3.19. The van der Waals surface area contributed by atoms with Crippen LogP contribution in [-0.2, 0) is 19.4 Å². The van der Waals surface area contributed by atoms with Crippen molar-refractivity contribution in [2.45, 2.75) is 54.9 Å². The van der Waals surface area contributed by atoms with Crippen molar-refractivity contribution in [3.05, 3.63) is 22.4 Å². The molecule has 1 rings (SSSR count). The van der Waals surface area contributed by atoms with Crippen molar-refractivity contribution in [3.63, 3.8) is 0 Å². The molecule has 1 atom stereocenters. The monoisotopic (exact) mass is 592 g/mol. The number of rotatable bonds is 11. The summed E-state index contributed by atoms with van der Waals surface area (Å²) in [6.45, 7) is 1.28. The third-order valence-electron chi connectivity index (χ3n) is 4.88. The molecule has 0 saturated heterocycles. The lowest BCUT2D eigenvalue weighted by atomic mass is 9.86. The van der Waals surface area contributed by atoms with Gasteiger partial charge in [0.05, 0.1) is 11.7 Å². The summed E-state index contributed by atoms with van der Waals surface area (Å²) in [6.07, 6.45) is -7.65. The topological polar surface area (TPSA) is 68.3 Å². The van der Waals surface area contributed by atoms with Crippen molar-refractivity contribution in [1.82, 2.24) is 0 Å². The van der Waals surface area contributed by atoms with Crippen molar-refractivity contribution in [2.24, 2.45) is 5.92 Å². The zero-order chi connectivity index (χ0) is 28.9. The molecule has 4 nitrogen and oxygen atoms in total. The van der Waals surface area contributed by atoms with Crippen LogP contribution in [0.2, 0.25) is 0 Å². The van der Waals surface area contributed by atoms with E-state index in [1.807, 2.05) is 0 Å². The molecule has 208 valence electrons. The van der Waals surface area contributed by atoms with Crippen LogP contribution in [-0.4, -0.2) is 60.9 Å². The zero-order valence-electron chi connectivity index (χ0n) is 17.5. The van der Waals surface area contributed by atoms with Gasteiger partial charge in [-0.3, -0.25) is 9.59 Å². The molecule has 36 heavy (non-hydrogen) atoms. The SMILES string of the molecule is CC(=O)C(C(C)=O)C(CS(=O)(=O)C(F)(F)C(F)(F)C(F)(F)C(F)(F)C(F)(F)C(F)(F)F)c1cccs1. The number of Topliss-reactive ketones (excluding diaryl/α,β-unsaturated/α-hetero) is 2. The first kappa shape index (κ1) is 32.1. The Hall–Kier alpha value is -1.92. The Morgan fingerprint density at radius 1 is 0.778 bits per heavy atom. The summed E-state index contributed by atoms with van der Waals surface area (Å²) >= 11 is 0.475. The maximum atomic E-state index is 14.3. The molecule has 1 aromatic heterocycles. The van der Waals surface area contributed by atoms with E-state index in [2.05, 4.69) is 0 Å². The van der Waals surface area contributed by atoms with E-state index < -0.39 is 79.0 Å². The maximum Gasteiger partial charge on any atom is 0.460 e. The van der Waals surface area contributed by atoms with Crippen LogP contribution in [0.3, 0.4) is 0 Å². The van der Waals surface area contributed by atoms with Crippen LogP contribution in [0.15, 0.2) is 17.5 Å². The van der Waals surface area contributed by atoms with E-state index in [-0.39, 0.29) is 0 Å². The molecular weight excluding hydrogens is 579 g/mol. The summed E-state index contributed by atoms with van der Waals surface area (Å²) < 4.78 is 198. The molecule has 0 radical (unpaired) electrons. The van der Waals surface area contributed by atoms with Gasteiger partial charge >= 0.3 is 35.1 Å². The Morgan fingerprint density at radius 2 is 1.19 bits per heavy atom. The van der Waals surface area contributed by atoms with E-state index in [1.165, 1.54) is 0 Å². The number of sulfone groups is 1. The van der Waals surface area contributed by atoms with Gasteiger partial charge in [0.2, 0.25) is 9.84 Å². The van der Waals surface area contributed by atoms with Gasteiger partial charge in [0.25, 0.3) is 0 Å². The smallest absolute Gasteiger partial charge is 0.299 e. The van der Waals surface area contributed by atoms with Crippen molar-refractivity contribution >= 4 is 32.7 Å². The Balaban J connectivity index is 3.70. The van der Waals surface area contributed by atoms with Gasteiger partial charge in [0, 0.05) is 10.8 Å². The van der Waals surface area contributed by atoms with E-state index >= 15 is 0 Å². The van der Waals surface area contributed by atoms with Crippen LogP contribution in [0, 0.1) is 5.92 Å². The zero-order valence-corrected chi connectivity index (χ0v) is 19.1. The second kappa shape index (κ2) is 9.43. The molecule has 0 aliphatic rings. The summed E-state index contributed by atoms with van der Waals surface area (Å²) in [6, 6.07) is 2.00. The van der Waals surface area contributed by atoms with Gasteiger partial charge in [-0.1, -0.05) is 6.07 Å². The third-order valence-corrected chi connectivity index (χ3v) is 7.72. The number of carbonyl (C=O) groups excluding carboxylic acids is 2. The van der Waals surface area contributed by atoms with Crippen molar-refractivity contribution in [3.8, 4) is 0 Å². The number of alkyl halides is 13. The van der Waals surface area contributed by atoms with Gasteiger partial charge in [-0.05, 0) is 25.3 Å². The Kier molecular flexibility index (Phi) is 8.41. The molecular formula is C17H13F13O4S2. The molecule has 1 aromatic rings. The fourth-order valence-corrected chi connectivity index (χ4v) is 5.53. The fraction of sp³-hybridized carbons (Fsp3) is 0.647. The molecule has 0 saturated carbocycles. The quantitative estimate of drug-likeness (QED) is 0.243. The van der Waals surface area contributed by atoms with E-state index in [0.29, 0.717) is 25.2 Å². The van der Waals surface area contributed by atoms with Gasteiger partial charge in [0.15, 0.2) is 0 Å². The number of hydrogen-bond donors (Lipinski definition) is 0. The minimum absolute atomic E-state index is 0.422. The van der Waals surface area contributed by atoms with E-state index in [9.17, 15) is 75.1 Å². The predicted octanol–water partition coefficient (Wildman–Crippen LogP) is 5.74. The van der Waals surface area contributed by atoms with Gasteiger partial charge in [-0.15, -0.1) is 11.3 Å². The summed E-state index contributed by atoms with van der Waals surface area (Å²) in [5, 5.41) is -6.28. The average molecular weight is 592 g/mol. The lowest BCUT2D eigenvalue weighted by molar-refractivity contribution is -0.433. The van der Waals surface area contributed by atoms with Gasteiger partial charge in [-0.25, -0.2) is 8.42 Å². The van der Waals surface area contributed by atoms with E-state index in [0.717, 1.165) is 17.5 Å². The standard InChI is InChI=1S/C17H13F13O4S2/c1-7(31)11(8(2)32)9(10-4-3-5-35-10)6-36(33,34)17(29,30)15(24,25)13(20,21)12(18,19)14(22,23)16(26,27)28/h3-5,9,11H,6H2,1-2H3. The van der Waals surface area contributed by atoms with E-state index in [1.54, 1.807) is 0 Å². The number of carbonyl (C=O) groups is 2. The predicted molar refractivity (Wildman–Crippen MR) is 96.5 cm³/mol. The Labute approximate surface area is 197 Å². The second-order valence-electron chi connectivity index (χ2n) is 7.41. The van der Waals surface area contributed by atoms with Crippen LogP contribution in [0.1, 0.15) is 24.6 Å². The van der Waals surface area contributed by atoms with Crippen molar-refractivity contribution < 1.29 is 75.1 Å². The van der Waals surface area contributed by atoms with Crippen LogP contribution in [0.5, 0.6) is 0 Å². The summed E-state index contributed by atoms with van der Waals surface area (Å²) in [5.74, 6) is -41.9. The summed E-state index contributed by atoms with van der Waals surface area (Å²) in [4.78, 5) is 23.2. The lowest BCUT2D eigenvalue weighted by Crippen LogP contribution is -2.71. The second-order valence-corrected chi connectivity index (χ2v) is 10.5. The highest BCUT2D eigenvalue weighted by molar-refractivity contribution is 7.92. The van der Waals surface area contributed by atoms with Crippen LogP contribution in [0.25, 0.3) is 0 Å². The highest BCUT2D eigenvalue weighted by Gasteiger charge is 2.92. The molecule has 0 aliphatic carbocycles. The number of hydrogen-bond acceptors (Lipinski definition) is 5. The third kappa shape index (κ3) is 4.83. The minimum Gasteiger partial charge on any atom is -0.299 e. The van der Waals surface area contributed by atoms with Crippen molar-refractivity contribution in [1.29, 1.82) is 0 Å². The fourth-order valence-electron chi connectivity index (χ4n) is 2.99. The first-order valence-corrected chi connectivity index (χ1v) is 11.5. The minimum atomic E-state index is -8.30. The largest absolute Gasteiger partial charge is 0.460 e. The number of thiophene rings is 1. The van der Waals surface area contributed by atoms with Gasteiger partial charge in [0.1, 0.15) is 11.6 Å². The highest BCUT2D eigenvalue weighted by atomic mass is 32.2. The molecule has 1 unspecified atom stereocenters. The Morgan fingerprint density at radius 3 is 1.53 bits per heavy atom. The van der Waals surface area contributed by atoms with Crippen LogP contribution in [0.4, 0.5) is 57.1 Å². The van der Waals surface area contributed by atoms with Crippen LogP contribution >= 0.6 is 11.3 Å². The summed E-state index contributed by atoms with van der Waals surface area (Å²) in [7, 11) is -7.20. The maximum absolute atomic E-state index is 14.3. The first-order chi connectivity index (χ1) is 15.7. The molecule has 0 amide bonds. The first-order valence-electron chi connectivity index (χ1n) is 8.94. The molecule has 19 heteroatoms. The normalized spacial score (nSPS) is 15.8. The molecule has 0 fully saturated rings. The van der Waals surface area contributed by atoms with Crippen LogP contribution < -0.4 is 0 Å². The van der Waals surface area contributed by atoms with Crippen molar-refractivity contribution in [2.75, 3.05) is 5.75 Å². The highest BCUT2D eigenvalue weighted by Crippen LogP contribution is 2.61. The van der Waals surface area contributed by atoms with Gasteiger partial charge in [-0.2, -0.15) is 57.1 Å². The lowest BCUT2D eigenvalue weighted by Gasteiger charge is -2.39. The molecule has 0 aliphatic heterocycles. The number of ketones is 2. The summed E-state index contributed by atoms with van der Waals surface area (Å²) in [5.41, 5.74) is 0. The van der Waals surface area contributed by atoms with E-state index in [4.69, 9.17) is 0 Å². The molecule has 0 spiro atoms. The Bertz CT molecular complexity index is 1060. The van der Waals surface area contributed by atoms with Gasteiger partial charge < -0.3 is 0 Å². The molecule has 0 bridgehead atoms.